The predicted molar refractivity (Wildman–Crippen MR) is 72.6 cm³/mol. The van der Waals surface area contributed by atoms with Crippen LogP contribution in [0.25, 0.3) is 0 Å². The molecule has 0 saturated heterocycles. The highest BCUT2D eigenvalue weighted by molar-refractivity contribution is 6.69. The van der Waals surface area contributed by atoms with E-state index in [-0.39, 0.29) is 24.1 Å². The number of rotatable bonds is 5. The molecule has 0 fully saturated rings. The zero-order valence-electron chi connectivity index (χ0n) is 11.9. The summed E-state index contributed by atoms with van der Waals surface area (Å²) in [4.78, 5) is 11.3. The Labute approximate surface area is 110 Å². The second-order valence-electron chi connectivity index (χ2n) is 5.59. The highest BCUT2D eigenvalue weighted by Gasteiger charge is 2.32. The molecule has 4 nitrogen and oxygen atoms in total. The Balaban J connectivity index is 2.53. The van der Waals surface area contributed by atoms with Crippen LogP contribution in [-0.2, 0) is 18.7 Å². The fourth-order valence-electron chi connectivity index (χ4n) is 1.64. The third-order valence-electron chi connectivity index (χ3n) is 2.86. The van der Waals surface area contributed by atoms with Crippen LogP contribution in [0.3, 0.4) is 0 Å². The van der Waals surface area contributed by atoms with Crippen LogP contribution < -0.4 is 0 Å². The van der Waals surface area contributed by atoms with Crippen molar-refractivity contribution in [2.45, 2.75) is 52.1 Å². The molecule has 3 atom stereocenters. The molecule has 0 spiro atoms. The lowest BCUT2D eigenvalue weighted by molar-refractivity contribution is -0.152. The summed E-state index contributed by atoms with van der Waals surface area (Å²) in [7, 11) is -1.54. The van der Waals surface area contributed by atoms with Crippen LogP contribution in [0.2, 0.25) is 19.6 Å². The summed E-state index contributed by atoms with van der Waals surface area (Å²) in [5.74, 6) is -0.0647. The molecule has 0 saturated carbocycles. The van der Waals surface area contributed by atoms with Gasteiger partial charge in [-0.15, -0.1) is 0 Å². The first-order valence-electron chi connectivity index (χ1n) is 6.49. The second-order valence-corrected chi connectivity index (χ2v) is 10.1. The highest BCUT2D eigenvalue weighted by Crippen LogP contribution is 2.23. The minimum absolute atomic E-state index is 0.0450. The van der Waals surface area contributed by atoms with Crippen molar-refractivity contribution in [3.05, 3.63) is 12.3 Å². The van der Waals surface area contributed by atoms with Crippen molar-refractivity contribution in [2.24, 2.45) is 5.92 Å². The van der Waals surface area contributed by atoms with Crippen molar-refractivity contribution in [2.75, 3.05) is 6.61 Å². The molecule has 0 aromatic heterocycles. The topological polar surface area (TPSA) is 44.8 Å². The number of hydrogen-bond acceptors (Lipinski definition) is 4. The molecule has 1 heterocycles. The second kappa shape index (κ2) is 6.38. The average Bonchev–Trinajstić information content (AvgIpc) is 2.29. The molecule has 0 aromatic carbocycles. The van der Waals surface area contributed by atoms with Crippen LogP contribution in [0.1, 0.15) is 20.3 Å². The smallest absolute Gasteiger partial charge is 0.306 e. The van der Waals surface area contributed by atoms with Gasteiger partial charge >= 0.3 is 5.97 Å². The fourth-order valence-corrected chi connectivity index (χ4v) is 2.30. The van der Waals surface area contributed by atoms with Gasteiger partial charge in [0.1, 0.15) is 12.2 Å². The van der Waals surface area contributed by atoms with Crippen LogP contribution >= 0.6 is 0 Å². The van der Waals surface area contributed by atoms with E-state index >= 15 is 0 Å². The minimum atomic E-state index is -1.54. The fraction of sp³-hybridized carbons (Fsp3) is 0.769. The Morgan fingerprint density at radius 3 is 2.61 bits per heavy atom. The van der Waals surface area contributed by atoms with Crippen LogP contribution in [0.15, 0.2) is 12.3 Å². The summed E-state index contributed by atoms with van der Waals surface area (Å²) in [5, 5.41) is 0. The van der Waals surface area contributed by atoms with Crippen molar-refractivity contribution in [1.82, 2.24) is 0 Å². The van der Waals surface area contributed by atoms with Gasteiger partial charge in [0, 0.05) is 12.3 Å². The van der Waals surface area contributed by atoms with Gasteiger partial charge in [-0.2, -0.15) is 0 Å². The lowest BCUT2D eigenvalue weighted by Crippen LogP contribution is -2.41. The summed E-state index contributed by atoms with van der Waals surface area (Å²) in [5.41, 5.74) is 0. The van der Waals surface area contributed by atoms with Gasteiger partial charge in [0.05, 0.1) is 12.9 Å². The third kappa shape index (κ3) is 4.82. The zero-order chi connectivity index (χ0) is 13.8. The van der Waals surface area contributed by atoms with Gasteiger partial charge in [0.15, 0.2) is 8.32 Å². The Morgan fingerprint density at radius 2 is 2.06 bits per heavy atom. The number of hydrogen-bond donors (Lipinski definition) is 0. The van der Waals surface area contributed by atoms with Crippen molar-refractivity contribution in [1.29, 1.82) is 0 Å². The van der Waals surface area contributed by atoms with Gasteiger partial charge < -0.3 is 13.9 Å². The summed E-state index contributed by atoms with van der Waals surface area (Å²) in [6, 6.07) is 0. The highest BCUT2D eigenvalue weighted by atomic mass is 28.4. The maximum absolute atomic E-state index is 11.3. The molecule has 5 heteroatoms. The molecule has 0 amide bonds. The molecule has 0 N–H and O–H groups in total. The van der Waals surface area contributed by atoms with E-state index in [0.717, 1.165) is 0 Å². The Bertz CT molecular complexity index is 309. The van der Waals surface area contributed by atoms with Crippen molar-refractivity contribution < 1.29 is 18.7 Å². The molecular weight excluding hydrogens is 248 g/mol. The molecule has 1 rings (SSSR count). The van der Waals surface area contributed by atoms with Crippen LogP contribution in [-0.4, -0.2) is 33.1 Å². The first-order chi connectivity index (χ1) is 8.33. The molecule has 0 aliphatic carbocycles. The van der Waals surface area contributed by atoms with E-state index in [2.05, 4.69) is 19.6 Å². The molecule has 0 radical (unpaired) electrons. The molecular formula is C13H24O4Si. The number of ether oxygens (including phenoxy) is 2. The van der Waals surface area contributed by atoms with Crippen molar-refractivity contribution >= 4 is 14.3 Å². The van der Waals surface area contributed by atoms with E-state index in [9.17, 15) is 4.79 Å². The molecule has 0 bridgehead atoms. The first-order valence-corrected chi connectivity index (χ1v) is 9.90. The number of esters is 1. The van der Waals surface area contributed by atoms with E-state index in [1.54, 1.807) is 19.3 Å². The Morgan fingerprint density at radius 1 is 1.39 bits per heavy atom. The van der Waals surface area contributed by atoms with Gasteiger partial charge in [-0.25, -0.2) is 0 Å². The van der Waals surface area contributed by atoms with E-state index in [1.807, 2.05) is 6.92 Å². The summed E-state index contributed by atoms with van der Waals surface area (Å²) < 4.78 is 16.8. The number of carbonyl (C=O) groups is 1. The normalized spacial score (nSPS) is 27.7. The monoisotopic (exact) mass is 272 g/mol. The lowest BCUT2D eigenvalue weighted by Gasteiger charge is -2.33. The largest absolute Gasteiger partial charge is 0.495 e. The van der Waals surface area contributed by atoms with E-state index in [4.69, 9.17) is 13.9 Å². The predicted octanol–water partition coefficient (Wildman–Crippen LogP) is 2.71. The third-order valence-corrected chi connectivity index (χ3v) is 3.90. The summed E-state index contributed by atoms with van der Waals surface area (Å²) >= 11 is 0. The zero-order valence-corrected chi connectivity index (χ0v) is 12.9. The summed E-state index contributed by atoms with van der Waals surface area (Å²) in [6.45, 7) is 10.8. The van der Waals surface area contributed by atoms with Crippen molar-refractivity contribution in [3.8, 4) is 0 Å². The standard InChI is InChI=1S/C13H24O4Si/c1-6-13(14)17-11-7-8-15-12(10(11)2)9-16-18(3,4)5/h7-8,10-12H,6,9H2,1-5H3/t10-,11+,12+/m0/s1. The quantitative estimate of drug-likeness (QED) is 0.570. The van der Waals surface area contributed by atoms with Gasteiger partial charge in [0.2, 0.25) is 0 Å². The minimum Gasteiger partial charge on any atom is -0.495 e. The maximum atomic E-state index is 11.3. The van der Waals surface area contributed by atoms with E-state index < -0.39 is 8.32 Å². The molecule has 104 valence electrons. The van der Waals surface area contributed by atoms with Gasteiger partial charge in [-0.05, 0) is 25.7 Å². The van der Waals surface area contributed by atoms with Crippen LogP contribution in [0.4, 0.5) is 0 Å². The Hall–Kier alpha value is -0.813. The molecule has 1 aliphatic rings. The SMILES string of the molecule is CCC(=O)O[C@@H]1C=CO[C@H](CO[Si](C)(C)C)[C@H]1C. The van der Waals surface area contributed by atoms with E-state index in [0.29, 0.717) is 13.0 Å². The molecule has 1 aliphatic heterocycles. The average molecular weight is 272 g/mol. The molecule has 0 aromatic rings. The maximum Gasteiger partial charge on any atom is 0.306 e. The Kier molecular flexibility index (Phi) is 5.41. The van der Waals surface area contributed by atoms with Gasteiger partial charge in [0.25, 0.3) is 0 Å². The van der Waals surface area contributed by atoms with Crippen molar-refractivity contribution in [3.63, 3.8) is 0 Å². The molecule has 18 heavy (non-hydrogen) atoms. The van der Waals surface area contributed by atoms with Crippen LogP contribution in [0, 0.1) is 5.92 Å². The van der Waals surface area contributed by atoms with Gasteiger partial charge in [-0.3, -0.25) is 4.79 Å². The molecule has 0 unspecified atom stereocenters. The van der Waals surface area contributed by atoms with Gasteiger partial charge in [-0.1, -0.05) is 13.8 Å². The summed E-state index contributed by atoms with van der Waals surface area (Å²) in [6.07, 6.45) is 3.56. The van der Waals surface area contributed by atoms with Crippen LogP contribution in [0.5, 0.6) is 0 Å². The van der Waals surface area contributed by atoms with E-state index in [1.165, 1.54) is 0 Å². The number of carbonyl (C=O) groups excluding carboxylic acids is 1. The first kappa shape index (κ1) is 15.2. The lowest BCUT2D eigenvalue weighted by atomic mass is 9.96.